The van der Waals surface area contributed by atoms with E-state index in [1.807, 2.05) is 24.3 Å². The van der Waals surface area contributed by atoms with Gasteiger partial charge in [-0.05, 0) is 42.3 Å². The molecule has 2 rings (SSSR count). The van der Waals surface area contributed by atoms with Crippen LogP contribution < -0.4 is 16.2 Å². The number of hydrogen-bond acceptors (Lipinski definition) is 4. The number of halogens is 1. The first-order chi connectivity index (χ1) is 9.84. The van der Waals surface area contributed by atoms with Crippen LogP contribution in [0, 0.1) is 0 Å². The molecule has 0 radical (unpaired) electrons. The van der Waals surface area contributed by atoms with E-state index >= 15 is 0 Å². The molecule has 0 spiro atoms. The fraction of sp³-hybridized carbons (Fsp3) is 0.143. The summed E-state index contributed by atoms with van der Waals surface area (Å²) >= 11 is 5.82. The lowest BCUT2D eigenvalue weighted by atomic mass is 10.1. The minimum atomic E-state index is -3.76. The van der Waals surface area contributed by atoms with E-state index in [0.717, 1.165) is 12.0 Å². The van der Waals surface area contributed by atoms with Crippen LogP contribution in [0.2, 0.25) is 5.02 Å². The molecular weight excluding hydrogens is 310 g/mol. The Labute approximate surface area is 129 Å². The van der Waals surface area contributed by atoms with Gasteiger partial charge in [0.1, 0.15) is 0 Å². The number of sulfonamides is 1. The monoisotopic (exact) mass is 325 g/mol. The van der Waals surface area contributed by atoms with E-state index in [1.165, 1.54) is 12.1 Å². The number of nitrogen functional groups attached to an aromatic ring is 1. The summed E-state index contributed by atoms with van der Waals surface area (Å²) in [6, 6.07) is 12.0. The Balaban J connectivity index is 2.03. The minimum absolute atomic E-state index is 0.00325. The van der Waals surface area contributed by atoms with Gasteiger partial charge in [0.25, 0.3) is 0 Å². The highest BCUT2D eigenvalue weighted by Gasteiger charge is 2.09. The Bertz CT molecular complexity index is 730. The molecule has 5 N–H and O–H groups in total. The predicted octanol–water partition coefficient (Wildman–Crippen LogP) is 2.22. The van der Waals surface area contributed by atoms with E-state index in [1.54, 1.807) is 6.07 Å². The van der Waals surface area contributed by atoms with E-state index in [4.69, 9.17) is 22.5 Å². The Hall–Kier alpha value is -1.76. The number of benzene rings is 2. The largest absolute Gasteiger partial charge is 0.399 e. The lowest BCUT2D eigenvalue weighted by Gasteiger charge is -2.09. The number of anilines is 2. The van der Waals surface area contributed by atoms with Crippen LogP contribution in [0.4, 0.5) is 11.4 Å². The van der Waals surface area contributed by atoms with Gasteiger partial charge >= 0.3 is 0 Å². The molecule has 112 valence electrons. The summed E-state index contributed by atoms with van der Waals surface area (Å²) in [6.07, 6.45) is 0.774. The van der Waals surface area contributed by atoms with Crippen LogP contribution in [0.5, 0.6) is 0 Å². The maximum absolute atomic E-state index is 11.3. The third-order valence-corrected chi connectivity index (χ3v) is 4.06. The molecule has 0 aromatic heterocycles. The maximum Gasteiger partial charge on any atom is 0.238 e. The molecule has 5 nitrogen and oxygen atoms in total. The Morgan fingerprint density at radius 2 is 1.76 bits per heavy atom. The van der Waals surface area contributed by atoms with Crippen LogP contribution in [0.3, 0.4) is 0 Å². The molecule has 0 saturated heterocycles. The van der Waals surface area contributed by atoms with Crippen LogP contribution in [0.15, 0.2) is 47.4 Å². The van der Waals surface area contributed by atoms with Crippen molar-refractivity contribution in [3.63, 3.8) is 0 Å². The molecule has 0 bridgehead atoms. The van der Waals surface area contributed by atoms with Gasteiger partial charge in [-0.25, -0.2) is 13.6 Å². The third kappa shape index (κ3) is 4.63. The molecule has 0 aliphatic heterocycles. The first-order valence-electron chi connectivity index (χ1n) is 6.26. The van der Waals surface area contributed by atoms with Crippen LogP contribution in [-0.4, -0.2) is 15.0 Å². The summed E-state index contributed by atoms with van der Waals surface area (Å²) in [5.74, 6) is 0. The number of primary sulfonamides is 1. The summed E-state index contributed by atoms with van der Waals surface area (Å²) < 4.78 is 22.7. The quantitative estimate of drug-likeness (QED) is 0.734. The Morgan fingerprint density at radius 3 is 2.38 bits per heavy atom. The third-order valence-electron chi connectivity index (χ3n) is 2.91. The van der Waals surface area contributed by atoms with E-state index in [-0.39, 0.29) is 4.90 Å². The highest BCUT2D eigenvalue weighted by atomic mass is 35.5. The van der Waals surface area contributed by atoms with Crippen molar-refractivity contribution in [3.05, 3.63) is 53.1 Å². The van der Waals surface area contributed by atoms with E-state index in [9.17, 15) is 8.42 Å². The highest BCUT2D eigenvalue weighted by molar-refractivity contribution is 7.89. The zero-order chi connectivity index (χ0) is 15.5. The molecule has 0 fully saturated rings. The predicted molar refractivity (Wildman–Crippen MR) is 85.9 cm³/mol. The van der Waals surface area contributed by atoms with E-state index < -0.39 is 10.0 Å². The summed E-state index contributed by atoms with van der Waals surface area (Å²) in [5.41, 5.74) is 7.77. The number of nitrogens with one attached hydrogen (secondary N) is 1. The van der Waals surface area contributed by atoms with Gasteiger partial charge in [0, 0.05) is 22.9 Å². The van der Waals surface area contributed by atoms with Gasteiger partial charge in [-0.15, -0.1) is 0 Å². The second-order valence-electron chi connectivity index (χ2n) is 4.64. The van der Waals surface area contributed by atoms with E-state index in [2.05, 4.69) is 5.32 Å². The number of nitrogens with two attached hydrogens (primary N) is 2. The molecule has 0 saturated carbocycles. The molecule has 0 amide bonds. The van der Waals surface area contributed by atoms with Gasteiger partial charge in [-0.1, -0.05) is 23.7 Å². The second kappa shape index (κ2) is 6.34. The summed E-state index contributed by atoms with van der Waals surface area (Å²) in [6.45, 7) is 0.634. The van der Waals surface area contributed by atoms with Crippen molar-refractivity contribution < 1.29 is 8.42 Å². The Morgan fingerprint density at radius 1 is 1.10 bits per heavy atom. The van der Waals surface area contributed by atoms with Crippen molar-refractivity contribution in [2.75, 3.05) is 17.6 Å². The van der Waals surface area contributed by atoms with Crippen molar-refractivity contribution in [2.45, 2.75) is 11.3 Å². The maximum atomic E-state index is 11.3. The molecule has 2 aromatic carbocycles. The molecular formula is C14H16ClN3O2S. The standard InChI is InChI=1S/C14H16ClN3O2S/c15-11-3-1-10(2-4-11)5-6-18-13-7-12(16)8-14(9-13)21(17,19)20/h1-4,7-9,18H,5-6,16H2,(H2,17,19,20). The summed E-state index contributed by atoms with van der Waals surface area (Å²) in [4.78, 5) is -0.00325. The van der Waals surface area contributed by atoms with Crippen molar-refractivity contribution in [1.82, 2.24) is 0 Å². The minimum Gasteiger partial charge on any atom is -0.399 e. The zero-order valence-electron chi connectivity index (χ0n) is 11.2. The lowest BCUT2D eigenvalue weighted by molar-refractivity contribution is 0.598. The van der Waals surface area contributed by atoms with Crippen molar-refractivity contribution >= 4 is 33.0 Å². The molecule has 0 aliphatic rings. The van der Waals surface area contributed by atoms with Gasteiger partial charge in [0.05, 0.1) is 4.90 Å². The SMILES string of the molecule is Nc1cc(NCCc2ccc(Cl)cc2)cc(S(N)(=O)=O)c1. The summed E-state index contributed by atoms with van der Waals surface area (Å²) in [7, 11) is -3.76. The molecule has 7 heteroatoms. The molecule has 0 atom stereocenters. The molecule has 0 heterocycles. The lowest BCUT2D eigenvalue weighted by Crippen LogP contribution is -2.13. The van der Waals surface area contributed by atoms with E-state index in [0.29, 0.717) is 22.9 Å². The van der Waals surface area contributed by atoms with Gasteiger partial charge in [-0.2, -0.15) is 0 Å². The highest BCUT2D eigenvalue weighted by Crippen LogP contribution is 2.19. The fourth-order valence-corrected chi connectivity index (χ4v) is 2.61. The first-order valence-corrected chi connectivity index (χ1v) is 8.19. The molecule has 2 aromatic rings. The fourth-order valence-electron chi connectivity index (χ4n) is 1.89. The van der Waals surface area contributed by atoms with Crippen LogP contribution in [0.1, 0.15) is 5.56 Å². The van der Waals surface area contributed by atoms with Gasteiger partial charge in [0.2, 0.25) is 10.0 Å². The molecule has 0 unspecified atom stereocenters. The van der Waals surface area contributed by atoms with Gasteiger partial charge in [-0.3, -0.25) is 0 Å². The average Bonchev–Trinajstić information content (AvgIpc) is 2.39. The summed E-state index contributed by atoms with van der Waals surface area (Å²) in [5, 5.41) is 8.93. The van der Waals surface area contributed by atoms with Crippen molar-refractivity contribution in [1.29, 1.82) is 0 Å². The normalized spacial score (nSPS) is 11.3. The van der Waals surface area contributed by atoms with Crippen LogP contribution in [-0.2, 0) is 16.4 Å². The number of hydrogen-bond donors (Lipinski definition) is 3. The zero-order valence-corrected chi connectivity index (χ0v) is 12.8. The Kier molecular flexibility index (Phi) is 4.72. The first kappa shape index (κ1) is 15.6. The van der Waals surface area contributed by atoms with Crippen LogP contribution in [0.25, 0.3) is 0 Å². The molecule has 21 heavy (non-hydrogen) atoms. The second-order valence-corrected chi connectivity index (χ2v) is 6.64. The van der Waals surface area contributed by atoms with Gasteiger partial charge < -0.3 is 11.1 Å². The van der Waals surface area contributed by atoms with Gasteiger partial charge in [0.15, 0.2) is 0 Å². The topological polar surface area (TPSA) is 98.2 Å². The van der Waals surface area contributed by atoms with Crippen molar-refractivity contribution in [3.8, 4) is 0 Å². The molecule has 0 aliphatic carbocycles. The van der Waals surface area contributed by atoms with Crippen LogP contribution >= 0.6 is 11.6 Å². The van der Waals surface area contributed by atoms with Crippen molar-refractivity contribution in [2.24, 2.45) is 5.14 Å². The average molecular weight is 326 g/mol. The smallest absolute Gasteiger partial charge is 0.238 e. The number of rotatable bonds is 5.